The maximum atomic E-state index is 12.5. The molecule has 0 aromatic heterocycles. The average molecular weight is 255 g/mol. The van der Waals surface area contributed by atoms with Crippen LogP contribution in [0, 0.1) is 11.3 Å². The van der Waals surface area contributed by atoms with Crippen molar-refractivity contribution in [1.29, 1.82) is 0 Å². The molecule has 1 heterocycles. The van der Waals surface area contributed by atoms with Crippen molar-refractivity contribution >= 4 is 11.9 Å². The van der Waals surface area contributed by atoms with Gasteiger partial charge in [0.05, 0.1) is 17.9 Å². The normalized spacial score (nSPS) is 26.5. The number of carboxylic acid groups (broad SMARTS) is 1. The molecule has 1 unspecified atom stereocenters. The molecule has 102 valence electrons. The molecule has 0 radical (unpaired) electrons. The van der Waals surface area contributed by atoms with Crippen molar-refractivity contribution in [2.75, 3.05) is 26.8 Å². The van der Waals surface area contributed by atoms with E-state index in [0.717, 1.165) is 25.7 Å². The zero-order valence-electron chi connectivity index (χ0n) is 10.9. The maximum absolute atomic E-state index is 12.5. The third kappa shape index (κ3) is 2.36. The van der Waals surface area contributed by atoms with Crippen LogP contribution in [0.1, 0.15) is 32.1 Å². The second-order valence-electron chi connectivity index (χ2n) is 5.50. The van der Waals surface area contributed by atoms with Crippen molar-refractivity contribution in [3.05, 3.63) is 0 Å². The average Bonchev–Trinajstić information content (AvgIpc) is 2.33. The van der Waals surface area contributed by atoms with Crippen LogP contribution in [0.4, 0.5) is 0 Å². The molecule has 1 amide bonds. The summed E-state index contributed by atoms with van der Waals surface area (Å²) in [6, 6.07) is 0. The lowest BCUT2D eigenvalue weighted by Crippen LogP contribution is -2.53. The number of amides is 1. The molecule has 5 heteroatoms. The fraction of sp³-hybridized carbons (Fsp3) is 0.846. The number of likely N-dealkylation sites (tertiary alicyclic amines) is 1. The van der Waals surface area contributed by atoms with Gasteiger partial charge < -0.3 is 14.7 Å². The number of aliphatic carboxylic acids is 1. The van der Waals surface area contributed by atoms with Crippen LogP contribution in [0.5, 0.6) is 0 Å². The summed E-state index contributed by atoms with van der Waals surface area (Å²) in [5, 5.41) is 9.05. The van der Waals surface area contributed by atoms with Gasteiger partial charge in [0.2, 0.25) is 5.91 Å². The first-order valence-electron chi connectivity index (χ1n) is 6.60. The van der Waals surface area contributed by atoms with E-state index in [2.05, 4.69) is 0 Å². The fourth-order valence-corrected chi connectivity index (χ4v) is 3.00. The molecule has 2 fully saturated rings. The predicted molar refractivity (Wildman–Crippen MR) is 65.1 cm³/mol. The van der Waals surface area contributed by atoms with Crippen LogP contribution in [-0.4, -0.2) is 48.7 Å². The Kier molecular flexibility index (Phi) is 3.90. The summed E-state index contributed by atoms with van der Waals surface area (Å²) >= 11 is 0. The molecule has 0 aromatic carbocycles. The van der Waals surface area contributed by atoms with E-state index in [1.807, 2.05) is 0 Å². The van der Waals surface area contributed by atoms with Gasteiger partial charge in [-0.3, -0.25) is 9.59 Å². The summed E-state index contributed by atoms with van der Waals surface area (Å²) in [6.07, 6.45) is 4.26. The second-order valence-corrected chi connectivity index (χ2v) is 5.50. The van der Waals surface area contributed by atoms with Crippen LogP contribution in [0.2, 0.25) is 0 Å². The van der Waals surface area contributed by atoms with E-state index in [0.29, 0.717) is 26.1 Å². The number of nitrogens with zero attached hydrogens (tertiary/aromatic N) is 1. The molecule has 2 rings (SSSR count). The Hall–Kier alpha value is -1.10. The number of ether oxygens (including phenoxy) is 1. The largest absolute Gasteiger partial charge is 0.481 e. The van der Waals surface area contributed by atoms with Crippen molar-refractivity contribution in [2.45, 2.75) is 32.1 Å². The van der Waals surface area contributed by atoms with Crippen molar-refractivity contribution in [3.8, 4) is 0 Å². The highest BCUT2D eigenvalue weighted by molar-refractivity contribution is 5.84. The van der Waals surface area contributed by atoms with Crippen molar-refractivity contribution in [3.63, 3.8) is 0 Å². The van der Waals surface area contributed by atoms with E-state index in [1.165, 1.54) is 0 Å². The Morgan fingerprint density at radius 3 is 2.61 bits per heavy atom. The molecule has 0 spiro atoms. The Morgan fingerprint density at radius 2 is 2.11 bits per heavy atom. The minimum atomic E-state index is -0.790. The Balaban J connectivity index is 2.01. The van der Waals surface area contributed by atoms with E-state index in [4.69, 9.17) is 9.84 Å². The molecule has 1 atom stereocenters. The number of carbonyl (C=O) groups excluding carboxylic acids is 1. The second kappa shape index (κ2) is 5.26. The van der Waals surface area contributed by atoms with Gasteiger partial charge in [-0.05, 0) is 25.7 Å². The molecule has 18 heavy (non-hydrogen) atoms. The Labute approximate surface area is 107 Å². The Bertz CT molecular complexity index is 338. The zero-order valence-corrected chi connectivity index (χ0v) is 10.9. The highest BCUT2D eigenvalue weighted by atomic mass is 16.5. The molecule has 1 saturated heterocycles. The van der Waals surface area contributed by atoms with Crippen molar-refractivity contribution in [1.82, 2.24) is 4.90 Å². The van der Waals surface area contributed by atoms with Crippen LogP contribution in [0.3, 0.4) is 0 Å². The lowest BCUT2D eigenvalue weighted by Gasteiger charge is -2.44. The molecular weight excluding hydrogens is 234 g/mol. The van der Waals surface area contributed by atoms with E-state index in [9.17, 15) is 9.59 Å². The van der Waals surface area contributed by atoms with Crippen molar-refractivity contribution in [2.24, 2.45) is 11.3 Å². The van der Waals surface area contributed by atoms with Gasteiger partial charge in [0, 0.05) is 20.2 Å². The zero-order chi connectivity index (χ0) is 13.2. The van der Waals surface area contributed by atoms with Gasteiger partial charge in [-0.2, -0.15) is 0 Å². The minimum absolute atomic E-state index is 0.0987. The summed E-state index contributed by atoms with van der Waals surface area (Å²) in [4.78, 5) is 25.3. The highest BCUT2D eigenvalue weighted by Crippen LogP contribution is 2.43. The number of hydrogen-bond donors (Lipinski definition) is 1. The molecule has 1 saturated carbocycles. The molecule has 2 aliphatic rings. The van der Waals surface area contributed by atoms with E-state index < -0.39 is 11.9 Å². The molecule has 1 aliphatic carbocycles. The topological polar surface area (TPSA) is 66.8 Å². The third-order valence-corrected chi connectivity index (χ3v) is 4.24. The number of methoxy groups -OCH3 is 1. The summed E-state index contributed by atoms with van der Waals surface area (Å²) in [5.74, 6) is -1.09. The fourth-order valence-electron chi connectivity index (χ4n) is 3.00. The lowest BCUT2D eigenvalue weighted by molar-refractivity contribution is -0.156. The number of piperidine rings is 1. The minimum Gasteiger partial charge on any atom is -0.481 e. The number of hydrogen-bond acceptors (Lipinski definition) is 3. The van der Waals surface area contributed by atoms with Crippen LogP contribution in [0.15, 0.2) is 0 Å². The maximum Gasteiger partial charge on any atom is 0.308 e. The smallest absolute Gasteiger partial charge is 0.308 e. The summed E-state index contributed by atoms with van der Waals surface area (Å²) in [7, 11) is 1.61. The van der Waals surface area contributed by atoms with Crippen LogP contribution in [-0.2, 0) is 14.3 Å². The molecule has 1 N–H and O–H groups in total. The lowest BCUT2D eigenvalue weighted by atomic mass is 9.68. The number of rotatable bonds is 4. The van der Waals surface area contributed by atoms with E-state index in [-0.39, 0.29) is 11.3 Å². The number of carbonyl (C=O) groups is 2. The molecule has 5 nitrogen and oxygen atoms in total. The predicted octanol–water partition coefficient (Wildman–Crippen LogP) is 1.13. The van der Waals surface area contributed by atoms with Crippen LogP contribution in [0.25, 0.3) is 0 Å². The van der Waals surface area contributed by atoms with E-state index >= 15 is 0 Å². The monoisotopic (exact) mass is 255 g/mol. The van der Waals surface area contributed by atoms with Crippen LogP contribution >= 0.6 is 0 Å². The molecular formula is C13H21NO4. The summed E-state index contributed by atoms with van der Waals surface area (Å²) in [6.45, 7) is 1.51. The Morgan fingerprint density at radius 1 is 1.39 bits per heavy atom. The highest BCUT2D eigenvalue weighted by Gasteiger charge is 2.47. The van der Waals surface area contributed by atoms with Gasteiger partial charge in [0.15, 0.2) is 0 Å². The summed E-state index contributed by atoms with van der Waals surface area (Å²) in [5.41, 5.74) is -0.366. The number of carboxylic acids is 1. The molecule has 1 aliphatic heterocycles. The SMILES string of the molecule is COCC1(C(=O)N2CCCC(C(=O)O)C2)CCC1. The van der Waals surface area contributed by atoms with Gasteiger partial charge in [0.1, 0.15) is 0 Å². The first-order chi connectivity index (χ1) is 8.59. The quantitative estimate of drug-likeness (QED) is 0.817. The van der Waals surface area contributed by atoms with Crippen LogP contribution < -0.4 is 0 Å². The van der Waals surface area contributed by atoms with Gasteiger partial charge in [0.25, 0.3) is 0 Å². The first-order valence-corrected chi connectivity index (χ1v) is 6.60. The van der Waals surface area contributed by atoms with Gasteiger partial charge >= 0.3 is 5.97 Å². The van der Waals surface area contributed by atoms with Gasteiger partial charge in [-0.15, -0.1) is 0 Å². The van der Waals surface area contributed by atoms with Gasteiger partial charge in [-0.1, -0.05) is 6.42 Å². The molecule has 0 bridgehead atoms. The molecule has 0 aromatic rings. The van der Waals surface area contributed by atoms with Crippen molar-refractivity contribution < 1.29 is 19.4 Å². The third-order valence-electron chi connectivity index (χ3n) is 4.24. The van der Waals surface area contributed by atoms with E-state index in [1.54, 1.807) is 12.0 Å². The summed E-state index contributed by atoms with van der Waals surface area (Å²) < 4.78 is 5.17. The van der Waals surface area contributed by atoms with Gasteiger partial charge in [-0.25, -0.2) is 0 Å². The first kappa shape index (κ1) is 13.3. The standard InChI is InChI=1S/C13H21NO4/c1-18-9-13(5-3-6-13)12(17)14-7-2-4-10(8-14)11(15)16/h10H,2-9H2,1H3,(H,15,16).